The average molecular weight is 479 g/mol. The van der Waals surface area contributed by atoms with Gasteiger partial charge in [-0.2, -0.15) is 0 Å². The lowest BCUT2D eigenvalue weighted by molar-refractivity contribution is -0.385. The fourth-order valence-corrected chi connectivity index (χ4v) is 5.39. The zero-order chi connectivity index (χ0) is 24.3. The number of rotatable bonds is 9. The topological polar surface area (TPSA) is 95.6 Å². The number of para-hydroxylation sites is 2. The summed E-state index contributed by atoms with van der Waals surface area (Å²) in [5.41, 5.74) is 3.31. The van der Waals surface area contributed by atoms with Gasteiger partial charge in [0.25, 0.3) is 5.69 Å². The van der Waals surface area contributed by atoms with Crippen LogP contribution in [0.3, 0.4) is 0 Å². The highest BCUT2D eigenvalue weighted by Gasteiger charge is 2.32. The first-order valence-electron chi connectivity index (χ1n) is 10.8. The second-order valence-corrected chi connectivity index (χ2v) is 10.0. The van der Waals surface area contributed by atoms with Crippen LogP contribution in [0.1, 0.15) is 12.5 Å². The van der Waals surface area contributed by atoms with Gasteiger partial charge in [-0.05, 0) is 49.4 Å². The fourth-order valence-electron chi connectivity index (χ4n) is 4.18. The number of anilines is 1. The number of nitro groups is 1. The molecular formula is C25H26N3O5P. The van der Waals surface area contributed by atoms with Crippen LogP contribution in [0, 0.1) is 10.1 Å². The molecule has 1 unspecified atom stereocenters. The van der Waals surface area contributed by atoms with Crippen molar-refractivity contribution in [1.29, 1.82) is 0 Å². The van der Waals surface area contributed by atoms with Crippen molar-refractivity contribution in [3.05, 3.63) is 88.5 Å². The number of nitro benzene ring substituents is 1. The van der Waals surface area contributed by atoms with Crippen molar-refractivity contribution in [2.75, 3.05) is 19.5 Å². The molecule has 0 aliphatic carbocycles. The van der Waals surface area contributed by atoms with Crippen LogP contribution in [0.5, 0.6) is 0 Å². The van der Waals surface area contributed by atoms with Crippen LogP contribution in [-0.4, -0.2) is 29.5 Å². The number of nitrogens with one attached hydrogen (secondary N) is 1. The van der Waals surface area contributed by atoms with E-state index in [4.69, 9.17) is 9.05 Å². The number of hydrogen-bond donors (Lipinski definition) is 1. The van der Waals surface area contributed by atoms with E-state index in [1.807, 2.05) is 30.3 Å². The maximum Gasteiger partial charge on any atom is 0.356 e. The highest BCUT2D eigenvalue weighted by atomic mass is 31.2. The molecule has 1 aromatic heterocycles. The van der Waals surface area contributed by atoms with Crippen molar-refractivity contribution >= 4 is 46.9 Å². The van der Waals surface area contributed by atoms with Crippen LogP contribution < -0.4 is 5.32 Å². The maximum atomic E-state index is 13.3. The zero-order valence-corrected chi connectivity index (χ0v) is 20.1. The molecule has 0 amide bonds. The molecule has 0 bridgehead atoms. The quantitative estimate of drug-likeness (QED) is 0.164. The van der Waals surface area contributed by atoms with Crippen molar-refractivity contribution in [3.8, 4) is 0 Å². The van der Waals surface area contributed by atoms with Crippen molar-refractivity contribution in [2.24, 2.45) is 0 Å². The monoisotopic (exact) mass is 479 g/mol. The van der Waals surface area contributed by atoms with Crippen LogP contribution in [0.25, 0.3) is 27.9 Å². The number of hydrogen-bond acceptors (Lipinski definition) is 6. The van der Waals surface area contributed by atoms with Crippen molar-refractivity contribution < 1.29 is 18.5 Å². The Morgan fingerprint density at radius 2 is 1.71 bits per heavy atom. The number of benzene rings is 3. The Balaban J connectivity index is 1.76. The minimum Gasteiger partial charge on any atom is -0.368 e. The number of aryl methyl sites for hydroxylation is 1. The summed E-state index contributed by atoms with van der Waals surface area (Å²) in [6.07, 6.45) is 3.14. The van der Waals surface area contributed by atoms with Crippen LogP contribution in [-0.2, 0) is 20.2 Å². The van der Waals surface area contributed by atoms with Gasteiger partial charge in [-0.3, -0.25) is 14.7 Å². The molecule has 0 saturated carbocycles. The van der Waals surface area contributed by atoms with Gasteiger partial charge in [-0.1, -0.05) is 30.3 Å². The number of nitrogens with zero attached hydrogens (tertiary/aromatic N) is 2. The third kappa shape index (κ3) is 4.35. The molecule has 1 atom stereocenters. The van der Waals surface area contributed by atoms with Crippen LogP contribution in [0.4, 0.5) is 11.4 Å². The summed E-state index contributed by atoms with van der Waals surface area (Å²) >= 11 is 0. The highest BCUT2D eigenvalue weighted by Crippen LogP contribution is 2.52. The fraction of sp³-hybridized carbons (Fsp3) is 0.200. The van der Waals surface area contributed by atoms with Gasteiger partial charge in [0.1, 0.15) is 5.78 Å². The summed E-state index contributed by atoms with van der Waals surface area (Å²) in [6, 6.07) is 20.5. The lowest BCUT2D eigenvalue weighted by atomic mass is 10.1. The Morgan fingerprint density at radius 3 is 2.41 bits per heavy atom. The van der Waals surface area contributed by atoms with Gasteiger partial charge in [0.15, 0.2) is 0 Å². The van der Waals surface area contributed by atoms with Gasteiger partial charge in [0.2, 0.25) is 0 Å². The summed E-state index contributed by atoms with van der Waals surface area (Å²) in [5, 5.41) is 16.8. The van der Waals surface area contributed by atoms with Crippen molar-refractivity contribution in [3.63, 3.8) is 0 Å². The van der Waals surface area contributed by atoms with Gasteiger partial charge in [-0.15, -0.1) is 0 Å². The first-order chi connectivity index (χ1) is 16.4. The predicted molar refractivity (Wildman–Crippen MR) is 136 cm³/mol. The SMILES string of the molecule is CCn1c2ccccc2c2cc(NC(/C=C/c3ccccc3[N+](=O)[O-])P(=O)(OC)OC)ccc21. The van der Waals surface area contributed by atoms with Gasteiger partial charge in [0.05, 0.1) is 10.5 Å². The third-order valence-corrected chi connectivity index (χ3v) is 7.84. The first kappa shape index (κ1) is 23.7. The standard InChI is InChI=1S/C25H26N3O5P/c1-4-27-23-12-8-6-10-20(23)21-17-19(14-15-24(21)27)26-25(34(31,32-2)33-3)16-13-18-9-5-7-11-22(18)28(29)30/h5-17,25-26H,4H2,1-3H3/b16-13+. The van der Waals surface area contributed by atoms with Gasteiger partial charge in [-0.25, -0.2) is 0 Å². The van der Waals surface area contributed by atoms with Gasteiger partial charge < -0.3 is 18.9 Å². The van der Waals surface area contributed by atoms with E-state index < -0.39 is 18.3 Å². The largest absolute Gasteiger partial charge is 0.368 e. The lowest BCUT2D eigenvalue weighted by Gasteiger charge is -2.23. The highest BCUT2D eigenvalue weighted by molar-refractivity contribution is 7.55. The zero-order valence-electron chi connectivity index (χ0n) is 19.2. The van der Waals surface area contributed by atoms with E-state index in [9.17, 15) is 14.7 Å². The molecule has 1 heterocycles. The Kier molecular flexibility index (Phi) is 6.84. The summed E-state index contributed by atoms with van der Waals surface area (Å²) < 4.78 is 26.1. The summed E-state index contributed by atoms with van der Waals surface area (Å²) in [7, 11) is -0.984. The van der Waals surface area contributed by atoms with E-state index in [1.54, 1.807) is 30.4 Å². The Bertz CT molecular complexity index is 1420. The van der Waals surface area contributed by atoms with Crippen LogP contribution >= 0.6 is 7.60 Å². The maximum absolute atomic E-state index is 13.3. The molecule has 0 radical (unpaired) electrons. The molecule has 8 nitrogen and oxygen atoms in total. The summed E-state index contributed by atoms with van der Waals surface area (Å²) in [4.78, 5) is 10.9. The van der Waals surface area contributed by atoms with Crippen molar-refractivity contribution in [2.45, 2.75) is 19.3 Å². The van der Waals surface area contributed by atoms with E-state index in [0.717, 1.165) is 34.0 Å². The average Bonchev–Trinajstić information content (AvgIpc) is 3.19. The minimum atomic E-state index is -3.61. The smallest absolute Gasteiger partial charge is 0.356 e. The second-order valence-electron chi connectivity index (χ2n) is 7.66. The molecule has 0 fully saturated rings. The van der Waals surface area contributed by atoms with E-state index >= 15 is 0 Å². The molecule has 34 heavy (non-hydrogen) atoms. The molecule has 176 valence electrons. The van der Waals surface area contributed by atoms with E-state index in [2.05, 4.69) is 28.9 Å². The minimum absolute atomic E-state index is 0.0454. The summed E-state index contributed by atoms with van der Waals surface area (Å²) in [5.74, 6) is -0.876. The molecular weight excluding hydrogens is 453 g/mol. The molecule has 0 spiro atoms. The molecule has 1 N–H and O–H groups in total. The Hall–Kier alpha value is -3.45. The number of fused-ring (bicyclic) bond motifs is 3. The molecule has 0 saturated heterocycles. The van der Waals surface area contributed by atoms with E-state index in [0.29, 0.717) is 5.56 Å². The molecule has 4 aromatic rings. The molecule has 0 aliphatic heterocycles. The normalized spacial score (nSPS) is 13.0. The Labute approximate surface area is 197 Å². The van der Waals surface area contributed by atoms with Gasteiger partial charge in [0, 0.05) is 54.3 Å². The van der Waals surface area contributed by atoms with Gasteiger partial charge >= 0.3 is 7.60 Å². The molecule has 3 aromatic carbocycles. The van der Waals surface area contributed by atoms with Crippen molar-refractivity contribution in [1.82, 2.24) is 4.57 Å². The first-order valence-corrected chi connectivity index (χ1v) is 12.4. The Morgan fingerprint density at radius 1 is 1.03 bits per heavy atom. The predicted octanol–water partition coefficient (Wildman–Crippen LogP) is 6.66. The van der Waals surface area contributed by atoms with Crippen LogP contribution in [0.2, 0.25) is 0 Å². The van der Waals surface area contributed by atoms with Crippen LogP contribution in [0.15, 0.2) is 72.8 Å². The third-order valence-electron chi connectivity index (χ3n) is 5.84. The second kappa shape index (κ2) is 9.81. The molecule has 4 rings (SSSR count). The van der Waals surface area contributed by atoms with E-state index in [1.165, 1.54) is 20.3 Å². The molecule has 9 heteroatoms. The van der Waals surface area contributed by atoms with E-state index in [-0.39, 0.29) is 5.69 Å². The molecule has 0 aliphatic rings. The lowest BCUT2D eigenvalue weighted by Crippen LogP contribution is -2.19. The summed E-state index contributed by atoms with van der Waals surface area (Å²) in [6.45, 7) is 2.94. The number of aromatic nitrogens is 1.